The lowest BCUT2D eigenvalue weighted by Gasteiger charge is -2.12. The van der Waals surface area contributed by atoms with Gasteiger partial charge in [-0.1, -0.05) is 13.8 Å². The second kappa shape index (κ2) is 6.51. The molecule has 0 saturated heterocycles. The van der Waals surface area contributed by atoms with Crippen LogP contribution in [0.2, 0.25) is 0 Å². The van der Waals surface area contributed by atoms with Gasteiger partial charge in [0.1, 0.15) is 5.82 Å². The molecule has 0 saturated carbocycles. The van der Waals surface area contributed by atoms with E-state index in [0.717, 1.165) is 5.82 Å². The van der Waals surface area contributed by atoms with Gasteiger partial charge in [0.05, 0.1) is 12.5 Å². The molecule has 0 radical (unpaired) electrons. The van der Waals surface area contributed by atoms with E-state index in [4.69, 9.17) is 9.84 Å². The van der Waals surface area contributed by atoms with Crippen LogP contribution in [0.25, 0.3) is 0 Å². The lowest BCUT2D eigenvalue weighted by molar-refractivity contribution is -0.139. The molecule has 1 heterocycles. The van der Waals surface area contributed by atoms with Gasteiger partial charge in [0.25, 0.3) is 0 Å². The van der Waals surface area contributed by atoms with Crippen LogP contribution in [-0.2, 0) is 9.53 Å². The van der Waals surface area contributed by atoms with Crippen molar-refractivity contribution in [3.05, 3.63) is 5.82 Å². The van der Waals surface area contributed by atoms with E-state index in [-0.39, 0.29) is 12.5 Å². The predicted molar refractivity (Wildman–Crippen MR) is 65.5 cm³/mol. The Bertz CT molecular complexity index is 367. The van der Waals surface area contributed by atoms with E-state index in [1.807, 2.05) is 13.8 Å². The van der Waals surface area contributed by atoms with Crippen molar-refractivity contribution in [2.75, 3.05) is 19.0 Å². The van der Waals surface area contributed by atoms with Gasteiger partial charge in [-0.15, -0.1) is 0 Å². The number of aromatic nitrogens is 2. The number of nitrogens with one attached hydrogen (secondary N) is 1. The fourth-order valence-corrected chi connectivity index (χ4v) is 1.89. The molecule has 1 unspecified atom stereocenters. The van der Waals surface area contributed by atoms with Crippen LogP contribution in [-0.4, -0.2) is 40.2 Å². The maximum Gasteiger partial charge on any atom is 0.306 e. The predicted octanol–water partition coefficient (Wildman–Crippen LogP) is 1.56. The molecule has 17 heavy (non-hydrogen) atoms. The van der Waals surface area contributed by atoms with Gasteiger partial charge < -0.3 is 15.2 Å². The average Bonchev–Trinajstić information content (AvgIpc) is 2.72. The smallest absolute Gasteiger partial charge is 0.306 e. The molecule has 0 bridgehead atoms. The summed E-state index contributed by atoms with van der Waals surface area (Å²) in [5, 5.41) is 12.4. The third-order valence-corrected chi connectivity index (χ3v) is 2.86. The van der Waals surface area contributed by atoms with E-state index in [1.165, 1.54) is 18.6 Å². The first kappa shape index (κ1) is 13.9. The fourth-order valence-electron chi connectivity index (χ4n) is 1.18. The number of hydrogen-bond donors (Lipinski definition) is 2. The second-order valence-corrected chi connectivity index (χ2v) is 4.70. The van der Waals surface area contributed by atoms with Crippen molar-refractivity contribution in [2.45, 2.75) is 32.3 Å². The van der Waals surface area contributed by atoms with E-state index < -0.39 is 5.97 Å². The number of carbonyl (C=O) groups is 1. The molecule has 0 aromatic carbocycles. The van der Waals surface area contributed by atoms with Crippen LogP contribution in [0.15, 0.2) is 0 Å². The van der Waals surface area contributed by atoms with E-state index in [9.17, 15) is 4.79 Å². The third-order valence-electron chi connectivity index (χ3n) is 2.17. The number of aliphatic carboxylic acids is 1. The maximum atomic E-state index is 10.5. The van der Waals surface area contributed by atoms with Gasteiger partial charge in [-0.3, -0.25) is 4.79 Å². The van der Waals surface area contributed by atoms with Gasteiger partial charge in [0.2, 0.25) is 5.13 Å². The number of ether oxygens (including phenoxy) is 1. The summed E-state index contributed by atoms with van der Waals surface area (Å²) in [6.07, 6.45) is -0.391. The van der Waals surface area contributed by atoms with Gasteiger partial charge in [-0.25, -0.2) is 4.98 Å². The Hall–Kier alpha value is -1.21. The molecule has 7 heteroatoms. The lowest BCUT2D eigenvalue weighted by Crippen LogP contribution is -2.24. The first-order valence-corrected chi connectivity index (χ1v) is 6.12. The quantitative estimate of drug-likeness (QED) is 0.773. The molecule has 1 atom stereocenters. The zero-order valence-electron chi connectivity index (χ0n) is 10.1. The van der Waals surface area contributed by atoms with Gasteiger partial charge in [-0.05, 0) is 0 Å². The number of rotatable bonds is 7. The maximum absolute atomic E-state index is 10.5. The first-order chi connectivity index (χ1) is 8.02. The number of nitrogens with zero attached hydrogens (tertiary/aromatic N) is 2. The largest absolute Gasteiger partial charge is 0.481 e. The Morgan fingerprint density at radius 1 is 1.59 bits per heavy atom. The number of anilines is 1. The van der Waals surface area contributed by atoms with Crippen molar-refractivity contribution in [1.82, 2.24) is 9.36 Å². The number of methoxy groups -OCH3 is 1. The molecule has 1 aromatic heterocycles. The van der Waals surface area contributed by atoms with E-state index >= 15 is 0 Å². The van der Waals surface area contributed by atoms with Crippen molar-refractivity contribution in [3.63, 3.8) is 0 Å². The van der Waals surface area contributed by atoms with Crippen LogP contribution in [0.4, 0.5) is 5.13 Å². The van der Waals surface area contributed by atoms with Crippen LogP contribution in [0, 0.1) is 0 Å². The van der Waals surface area contributed by atoms with Crippen LogP contribution >= 0.6 is 11.5 Å². The minimum absolute atomic E-state index is 0.0284. The van der Waals surface area contributed by atoms with Crippen molar-refractivity contribution in [1.29, 1.82) is 0 Å². The Balaban J connectivity index is 2.45. The molecule has 96 valence electrons. The Kier molecular flexibility index (Phi) is 5.30. The zero-order valence-corrected chi connectivity index (χ0v) is 11.0. The minimum Gasteiger partial charge on any atom is -0.481 e. The summed E-state index contributed by atoms with van der Waals surface area (Å²) in [5.74, 6) is 0.211. The summed E-state index contributed by atoms with van der Waals surface area (Å²) >= 11 is 1.27. The summed E-state index contributed by atoms with van der Waals surface area (Å²) in [5.41, 5.74) is 0. The normalized spacial score (nSPS) is 12.7. The molecule has 0 fully saturated rings. The van der Waals surface area contributed by atoms with Crippen LogP contribution < -0.4 is 5.32 Å². The highest BCUT2D eigenvalue weighted by Gasteiger charge is 2.13. The molecule has 2 N–H and O–H groups in total. The summed E-state index contributed by atoms with van der Waals surface area (Å²) in [6.45, 7) is 4.46. The molecule has 0 spiro atoms. The molecule has 1 aromatic rings. The first-order valence-electron chi connectivity index (χ1n) is 5.35. The van der Waals surface area contributed by atoms with Crippen molar-refractivity contribution < 1.29 is 14.6 Å². The molecular formula is C10H17N3O3S. The lowest BCUT2D eigenvalue weighted by atomic mass is 10.2. The van der Waals surface area contributed by atoms with Crippen molar-refractivity contribution >= 4 is 22.6 Å². The standard InChI is InChI=1S/C10H17N3O3S/c1-6(2)9-12-10(17-13-9)11-5-7(16-3)4-8(14)15/h6-7H,4-5H2,1-3H3,(H,14,15)(H,11,12,13). The van der Waals surface area contributed by atoms with Gasteiger partial charge in [0.15, 0.2) is 0 Å². The van der Waals surface area contributed by atoms with Crippen molar-refractivity contribution in [2.24, 2.45) is 0 Å². The van der Waals surface area contributed by atoms with E-state index in [0.29, 0.717) is 17.6 Å². The molecule has 1 rings (SSSR count). The molecule has 6 nitrogen and oxygen atoms in total. The van der Waals surface area contributed by atoms with Crippen LogP contribution in [0.1, 0.15) is 32.0 Å². The summed E-state index contributed by atoms with van der Waals surface area (Å²) < 4.78 is 9.24. The molecule has 0 aliphatic heterocycles. The number of hydrogen-bond acceptors (Lipinski definition) is 6. The molecule has 0 amide bonds. The third kappa shape index (κ3) is 4.66. The highest BCUT2D eigenvalue weighted by molar-refractivity contribution is 7.09. The van der Waals surface area contributed by atoms with E-state index in [1.54, 1.807) is 0 Å². The van der Waals surface area contributed by atoms with Crippen LogP contribution in [0.5, 0.6) is 0 Å². The fraction of sp³-hybridized carbons (Fsp3) is 0.700. The Labute approximate surface area is 104 Å². The van der Waals surface area contributed by atoms with Gasteiger partial charge >= 0.3 is 5.97 Å². The Morgan fingerprint density at radius 2 is 2.29 bits per heavy atom. The highest BCUT2D eigenvalue weighted by atomic mass is 32.1. The summed E-state index contributed by atoms with van der Waals surface area (Å²) in [4.78, 5) is 14.8. The molecule has 0 aliphatic rings. The van der Waals surface area contributed by atoms with E-state index in [2.05, 4.69) is 14.7 Å². The molecule has 0 aliphatic carbocycles. The monoisotopic (exact) mass is 259 g/mol. The number of carboxylic acids is 1. The van der Waals surface area contributed by atoms with Gasteiger partial charge in [0, 0.05) is 31.1 Å². The van der Waals surface area contributed by atoms with Crippen molar-refractivity contribution in [3.8, 4) is 0 Å². The minimum atomic E-state index is -0.876. The number of carboxylic acid groups (broad SMARTS) is 1. The summed E-state index contributed by atoms with van der Waals surface area (Å²) in [6, 6.07) is 0. The second-order valence-electron chi connectivity index (χ2n) is 3.95. The Morgan fingerprint density at radius 3 is 2.76 bits per heavy atom. The zero-order chi connectivity index (χ0) is 12.8. The highest BCUT2D eigenvalue weighted by Crippen LogP contribution is 2.17. The SMILES string of the molecule is COC(CNc1nc(C(C)C)ns1)CC(=O)O. The average molecular weight is 259 g/mol. The van der Waals surface area contributed by atoms with Crippen LogP contribution in [0.3, 0.4) is 0 Å². The molecular weight excluding hydrogens is 242 g/mol. The van der Waals surface area contributed by atoms with Gasteiger partial charge in [-0.2, -0.15) is 4.37 Å². The summed E-state index contributed by atoms with van der Waals surface area (Å²) in [7, 11) is 1.49. The topological polar surface area (TPSA) is 84.3 Å².